The highest BCUT2D eigenvalue weighted by Crippen LogP contribution is 2.26. The van der Waals surface area contributed by atoms with Crippen LogP contribution in [0.15, 0.2) is 35.7 Å². The van der Waals surface area contributed by atoms with Crippen molar-refractivity contribution < 1.29 is 14.3 Å². The van der Waals surface area contributed by atoms with E-state index < -0.39 is 0 Å². The minimum atomic E-state index is -0.243. The maximum Gasteiger partial charge on any atom is 0.306 e. The van der Waals surface area contributed by atoms with E-state index in [1.807, 2.05) is 33.0 Å². The number of aryl methyl sites for hydroxylation is 1. The van der Waals surface area contributed by atoms with Crippen molar-refractivity contribution in [3.63, 3.8) is 0 Å². The Bertz CT molecular complexity index is 723. The highest BCUT2D eigenvalue weighted by Gasteiger charge is 2.23. The third-order valence-corrected chi connectivity index (χ3v) is 4.21. The fraction of sp³-hybridized carbons (Fsp3) is 0.368. The smallest absolute Gasteiger partial charge is 0.306 e. The number of carbonyl (C=O) groups excluding carboxylic acids is 2. The maximum atomic E-state index is 11.9. The summed E-state index contributed by atoms with van der Waals surface area (Å²) in [6, 6.07) is 0. The minimum Gasteiger partial charge on any atom is -0.461 e. The van der Waals surface area contributed by atoms with Crippen LogP contribution in [0, 0.1) is 6.92 Å². The topological polar surface area (TPSA) is 71.2 Å². The largest absolute Gasteiger partial charge is 0.461 e. The van der Waals surface area contributed by atoms with Gasteiger partial charge in [-0.2, -0.15) is 0 Å². The van der Waals surface area contributed by atoms with Crippen LogP contribution in [0.4, 0.5) is 0 Å². The zero-order valence-electron chi connectivity index (χ0n) is 14.5. The monoisotopic (exact) mass is 328 g/mol. The number of rotatable bonds is 7. The zero-order valence-corrected chi connectivity index (χ0v) is 14.5. The molecule has 0 saturated heterocycles. The van der Waals surface area contributed by atoms with Crippen molar-refractivity contribution in [1.82, 2.24) is 10.3 Å². The predicted molar refractivity (Wildman–Crippen MR) is 94.1 cm³/mol. The van der Waals surface area contributed by atoms with Crippen LogP contribution in [0.5, 0.6) is 0 Å². The number of hydrogen-bond acceptors (Lipinski definition) is 3. The van der Waals surface area contributed by atoms with Crippen LogP contribution in [-0.2, 0) is 20.7 Å². The molecule has 0 saturated carbocycles. The Morgan fingerprint density at radius 1 is 1.38 bits per heavy atom. The molecule has 5 heteroatoms. The standard InChI is InChI=1S/C19H24N2O3/c1-5-9-24-18(22)8-7-15-12(3)11-20-17(15)10-16-13(4)14(6-2)19(23)21-16/h5,10-11,20H,1,6-9H2,2-4H3,(H,21,23)/b16-10+. The summed E-state index contributed by atoms with van der Waals surface area (Å²) in [5, 5.41) is 2.91. The molecule has 0 aromatic carbocycles. The van der Waals surface area contributed by atoms with Crippen molar-refractivity contribution in [2.75, 3.05) is 6.61 Å². The molecule has 0 fully saturated rings. The van der Waals surface area contributed by atoms with Gasteiger partial charge in [-0.15, -0.1) is 0 Å². The Kier molecular flexibility index (Phi) is 5.79. The summed E-state index contributed by atoms with van der Waals surface area (Å²) in [5.41, 5.74) is 5.67. The van der Waals surface area contributed by atoms with Gasteiger partial charge < -0.3 is 15.0 Å². The average Bonchev–Trinajstić information content (AvgIpc) is 3.03. The average molecular weight is 328 g/mol. The van der Waals surface area contributed by atoms with E-state index in [0.717, 1.165) is 33.7 Å². The first-order valence-corrected chi connectivity index (χ1v) is 8.14. The van der Waals surface area contributed by atoms with Crippen molar-refractivity contribution in [2.45, 2.75) is 40.0 Å². The SMILES string of the molecule is C=CCOC(=O)CCc1c(C)c[nH]c1/C=C1/NC(=O)C(CC)=C1C. The van der Waals surface area contributed by atoms with Gasteiger partial charge in [-0.1, -0.05) is 19.6 Å². The molecule has 0 radical (unpaired) electrons. The molecule has 1 aliphatic heterocycles. The second-order valence-electron chi connectivity index (χ2n) is 5.80. The van der Waals surface area contributed by atoms with E-state index in [2.05, 4.69) is 16.9 Å². The first kappa shape index (κ1) is 17.8. The quantitative estimate of drug-likeness (QED) is 0.596. The first-order chi connectivity index (χ1) is 11.5. The Balaban J connectivity index is 2.17. The molecule has 5 nitrogen and oxygen atoms in total. The molecular weight excluding hydrogens is 304 g/mol. The van der Waals surface area contributed by atoms with E-state index in [4.69, 9.17) is 4.74 Å². The number of ether oxygens (including phenoxy) is 1. The van der Waals surface area contributed by atoms with E-state index in [1.165, 1.54) is 0 Å². The van der Waals surface area contributed by atoms with E-state index >= 15 is 0 Å². The Morgan fingerprint density at radius 3 is 2.75 bits per heavy atom. The molecule has 128 valence electrons. The molecular formula is C19H24N2O3. The van der Waals surface area contributed by atoms with Crippen molar-refractivity contribution in [3.8, 4) is 0 Å². The Morgan fingerprint density at radius 2 is 2.12 bits per heavy atom. The second kappa shape index (κ2) is 7.81. The number of hydrogen-bond donors (Lipinski definition) is 2. The summed E-state index contributed by atoms with van der Waals surface area (Å²) in [5.74, 6) is -0.272. The molecule has 24 heavy (non-hydrogen) atoms. The summed E-state index contributed by atoms with van der Waals surface area (Å²) in [4.78, 5) is 26.8. The van der Waals surface area contributed by atoms with Gasteiger partial charge in [0.25, 0.3) is 5.91 Å². The van der Waals surface area contributed by atoms with E-state index in [1.54, 1.807) is 6.08 Å². The maximum absolute atomic E-state index is 11.9. The van der Waals surface area contributed by atoms with Crippen LogP contribution in [0.1, 0.15) is 43.5 Å². The Hall–Kier alpha value is -2.56. The number of esters is 1. The lowest BCUT2D eigenvalue weighted by Gasteiger charge is -2.05. The van der Waals surface area contributed by atoms with Crippen LogP contribution >= 0.6 is 0 Å². The van der Waals surface area contributed by atoms with Gasteiger partial charge >= 0.3 is 5.97 Å². The molecule has 2 N–H and O–H groups in total. The molecule has 0 unspecified atom stereocenters. The van der Waals surface area contributed by atoms with Crippen LogP contribution in [0.2, 0.25) is 0 Å². The van der Waals surface area contributed by atoms with Gasteiger partial charge in [0.1, 0.15) is 6.61 Å². The lowest BCUT2D eigenvalue weighted by Crippen LogP contribution is -2.16. The predicted octanol–water partition coefficient (Wildman–Crippen LogP) is 3.18. The summed E-state index contributed by atoms with van der Waals surface area (Å²) < 4.78 is 5.02. The van der Waals surface area contributed by atoms with Gasteiger partial charge in [0.2, 0.25) is 0 Å². The highest BCUT2D eigenvalue weighted by molar-refractivity contribution is 6.01. The van der Waals surface area contributed by atoms with Crippen LogP contribution < -0.4 is 5.32 Å². The number of nitrogens with one attached hydrogen (secondary N) is 2. The molecule has 0 aliphatic carbocycles. The molecule has 2 rings (SSSR count). The van der Waals surface area contributed by atoms with Gasteiger partial charge in [0, 0.05) is 29.6 Å². The third kappa shape index (κ3) is 3.85. The fourth-order valence-electron chi connectivity index (χ4n) is 2.82. The number of allylic oxidation sites excluding steroid dienone is 1. The molecule has 1 aromatic heterocycles. The summed E-state index contributed by atoms with van der Waals surface area (Å²) in [6.45, 7) is 9.68. The number of amides is 1. The number of aromatic amines is 1. The van der Waals surface area contributed by atoms with Crippen molar-refractivity contribution in [3.05, 3.63) is 52.5 Å². The fourth-order valence-corrected chi connectivity index (χ4v) is 2.82. The van der Waals surface area contributed by atoms with Crippen molar-refractivity contribution in [1.29, 1.82) is 0 Å². The first-order valence-electron chi connectivity index (χ1n) is 8.14. The lowest BCUT2D eigenvalue weighted by atomic mass is 10.0. The van der Waals surface area contributed by atoms with E-state index in [9.17, 15) is 9.59 Å². The van der Waals surface area contributed by atoms with E-state index in [0.29, 0.717) is 19.3 Å². The van der Waals surface area contributed by atoms with Crippen LogP contribution in [-0.4, -0.2) is 23.5 Å². The van der Waals surface area contributed by atoms with Crippen LogP contribution in [0.25, 0.3) is 6.08 Å². The molecule has 1 amide bonds. The zero-order chi connectivity index (χ0) is 17.7. The molecule has 0 bridgehead atoms. The number of carbonyl (C=O) groups is 2. The number of H-pyrrole nitrogens is 1. The van der Waals surface area contributed by atoms with Crippen LogP contribution in [0.3, 0.4) is 0 Å². The molecule has 0 atom stereocenters. The van der Waals surface area contributed by atoms with Crippen molar-refractivity contribution in [2.24, 2.45) is 0 Å². The Labute approximate surface area is 142 Å². The molecule has 0 spiro atoms. The summed E-state index contributed by atoms with van der Waals surface area (Å²) >= 11 is 0. The third-order valence-electron chi connectivity index (χ3n) is 4.21. The van der Waals surface area contributed by atoms with Gasteiger partial charge in [0.15, 0.2) is 0 Å². The van der Waals surface area contributed by atoms with Gasteiger partial charge in [-0.05, 0) is 49.5 Å². The minimum absolute atomic E-state index is 0.0286. The van der Waals surface area contributed by atoms with Gasteiger partial charge in [-0.3, -0.25) is 9.59 Å². The van der Waals surface area contributed by atoms with E-state index in [-0.39, 0.29) is 18.5 Å². The van der Waals surface area contributed by atoms with Gasteiger partial charge in [-0.25, -0.2) is 0 Å². The van der Waals surface area contributed by atoms with Crippen molar-refractivity contribution >= 4 is 18.0 Å². The van der Waals surface area contributed by atoms with Gasteiger partial charge in [0.05, 0.1) is 0 Å². The normalized spacial score (nSPS) is 15.8. The lowest BCUT2D eigenvalue weighted by molar-refractivity contribution is -0.142. The molecule has 1 aromatic rings. The summed E-state index contributed by atoms with van der Waals surface area (Å²) in [6.07, 6.45) is 7.01. The molecule has 1 aliphatic rings. The number of aromatic nitrogens is 1. The summed E-state index contributed by atoms with van der Waals surface area (Å²) in [7, 11) is 0. The second-order valence-corrected chi connectivity index (χ2v) is 5.80. The molecule has 2 heterocycles. The highest BCUT2D eigenvalue weighted by atomic mass is 16.5.